The van der Waals surface area contributed by atoms with Crippen LogP contribution in [0.2, 0.25) is 0 Å². The van der Waals surface area contributed by atoms with Gasteiger partial charge in [0.1, 0.15) is 0 Å². The molecule has 3 heterocycles. The van der Waals surface area contributed by atoms with Gasteiger partial charge < -0.3 is 27.9 Å². The summed E-state index contributed by atoms with van der Waals surface area (Å²) in [5.74, 6) is 4.06. The standard InChI is InChI=1S/C9H12.3C6H12BO2.Ir/c1-7-4-8(2)6-9(3)5-7;3*1-5(2)6(3,4)9-7-8-5;/h4-6H,1-3H3;3*1-4H3;/q;3*-1;+3. The SMILES string of the molecule is CC1(C)O[B-]OC1(C)C.CC1(C)O[B-]OC1(C)C.CC1(C)O[B-]OC1(C)C.C[C]1[CH][C](C)[CH][C](C)[CH]1.[Ir+3]. The smallest absolute Gasteiger partial charge is 0.620 e. The molecule has 12 radical (unpaired) electrons. The summed E-state index contributed by atoms with van der Waals surface area (Å²) >= 11 is 0. The maximum atomic E-state index is 5.21. The Hall–Kier alpha value is 0.604. The summed E-state index contributed by atoms with van der Waals surface area (Å²) in [6.07, 6.45) is 6.56. The van der Waals surface area contributed by atoms with Gasteiger partial charge in [-0.25, -0.2) is 0 Å². The van der Waals surface area contributed by atoms with E-state index in [0.29, 0.717) is 0 Å². The predicted molar refractivity (Wildman–Crippen MR) is 148 cm³/mol. The van der Waals surface area contributed by atoms with E-state index in [0.717, 1.165) is 0 Å². The Bertz CT molecular complexity index is 547. The fourth-order valence-electron chi connectivity index (χ4n) is 2.85. The number of hydrogen-bond acceptors (Lipinski definition) is 6. The molecule has 0 atom stereocenters. The zero-order valence-corrected chi connectivity index (χ0v) is 28.1. The summed E-state index contributed by atoms with van der Waals surface area (Å²) in [4.78, 5) is 0. The molecule has 37 heavy (non-hydrogen) atoms. The summed E-state index contributed by atoms with van der Waals surface area (Å²) in [6, 6.07) is 0. The van der Waals surface area contributed by atoms with Gasteiger partial charge in [-0.1, -0.05) is 20.8 Å². The predicted octanol–water partition coefficient (Wildman–Crippen LogP) is 5.77. The van der Waals surface area contributed by atoms with E-state index in [4.69, 9.17) is 27.9 Å². The van der Waals surface area contributed by atoms with Crippen molar-refractivity contribution in [2.24, 2.45) is 0 Å². The summed E-state index contributed by atoms with van der Waals surface area (Å²) in [5, 5.41) is 0. The van der Waals surface area contributed by atoms with E-state index >= 15 is 0 Å². The molecule has 1 aliphatic carbocycles. The van der Waals surface area contributed by atoms with Crippen LogP contribution >= 0.6 is 0 Å². The van der Waals surface area contributed by atoms with Gasteiger partial charge in [0.15, 0.2) is 0 Å². The van der Waals surface area contributed by atoms with Crippen molar-refractivity contribution in [2.45, 2.75) is 137 Å². The first-order valence-corrected chi connectivity index (χ1v) is 12.6. The summed E-state index contributed by atoms with van der Waals surface area (Å²) in [5.41, 5.74) is -1.12. The molecule has 10 heteroatoms. The van der Waals surface area contributed by atoms with Crippen LogP contribution in [0, 0.1) is 37.0 Å². The normalized spacial score (nSPS) is 28.9. The van der Waals surface area contributed by atoms with Gasteiger partial charge in [-0.2, -0.15) is 0 Å². The van der Waals surface area contributed by atoms with Crippen LogP contribution in [0.5, 0.6) is 0 Å². The first-order valence-electron chi connectivity index (χ1n) is 12.6. The molecule has 0 N–H and O–H groups in total. The minimum absolute atomic E-state index is 0. The maximum Gasteiger partial charge on any atom is 3.00 e. The molecule has 0 aromatic rings. The molecule has 6 nitrogen and oxygen atoms in total. The zero-order valence-electron chi connectivity index (χ0n) is 25.7. The Kier molecular flexibility index (Phi) is 14.2. The molecule has 0 bridgehead atoms. The van der Waals surface area contributed by atoms with Gasteiger partial charge in [-0.3, -0.25) is 0 Å². The first-order chi connectivity index (χ1) is 16.1. The van der Waals surface area contributed by atoms with E-state index in [9.17, 15) is 0 Å². The van der Waals surface area contributed by atoms with Crippen molar-refractivity contribution in [1.82, 2.24) is 0 Å². The van der Waals surface area contributed by atoms with Crippen LogP contribution in [-0.2, 0) is 48.0 Å². The third kappa shape index (κ3) is 10.8. The number of hydrogen-bond donors (Lipinski definition) is 0. The molecule has 1 saturated carbocycles. The van der Waals surface area contributed by atoms with Crippen LogP contribution in [0.3, 0.4) is 0 Å². The molecule has 4 aliphatic rings. The Balaban J connectivity index is 0.000000463. The van der Waals surface area contributed by atoms with Crippen LogP contribution in [0.1, 0.15) is 104 Å². The van der Waals surface area contributed by atoms with Gasteiger partial charge in [0.2, 0.25) is 0 Å². The van der Waals surface area contributed by atoms with Crippen molar-refractivity contribution in [3.63, 3.8) is 0 Å². The molecule has 0 unspecified atom stereocenters. The Morgan fingerprint density at radius 1 is 0.378 bits per heavy atom. The summed E-state index contributed by atoms with van der Waals surface area (Å²) in [6.45, 7) is 30.5. The molecule has 0 aromatic carbocycles. The van der Waals surface area contributed by atoms with E-state index in [1.807, 2.05) is 83.1 Å². The van der Waals surface area contributed by atoms with Gasteiger partial charge >= 0.3 is 20.1 Å². The molecule has 0 amide bonds. The quantitative estimate of drug-likeness (QED) is 0.301. The summed E-state index contributed by atoms with van der Waals surface area (Å²) < 4.78 is 31.2. The first kappa shape index (κ1) is 37.6. The van der Waals surface area contributed by atoms with Gasteiger partial charge in [-0.05, 0) is 143 Å². The van der Waals surface area contributed by atoms with Crippen molar-refractivity contribution in [1.29, 1.82) is 0 Å². The van der Waals surface area contributed by atoms with E-state index in [1.54, 1.807) is 0 Å². The van der Waals surface area contributed by atoms with Crippen molar-refractivity contribution in [2.75, 3.05) is 0 Å². The molecule has 210 valence electrons. The Morgan fingerprint density at radius 3 is 0.595 bits per heavy atom. The van der Waals surface area contributed by atoms with E-state index in [1.165, 1.54) is 40.8 Å². The average Bonchev–Trinajstić information content (AvgIpc) is 3.16. The van der Waals surface area contributed by atoms with Crippen molar-refractivity contribution in [3.05, 3.63) is 37.0 Å². The summed E-state index contributed by atoms with van der Waals surface area (Å²) in [7, 11) is 4.25. The molecular formula is C27H48B3IrO6. The van der Waals surface area contributed by atoms with Crippen molar-refractivity contribution < 1.29 is 48.0 Å². The van der Waals surface area contributed by atoms with Crippen molar-refractivity contribution >= 4 is 23.1 Å². The maximum absolute atomic E-state index is 5.21. The van der Waals surface area contributed by atoms with Crippen molar-refractivity contribution in [3.8, 4) is 0 Å². The molecule has 3 aliphatic heterocycles. The Morgan fingerprint density at radius 2 is 0.514 bits per heavy atom. The molecular weight excluding hydrogens is 645 g/mol. The molecule has 0 aromatic heterocycles. The molecule has 4 rings (SSSR count). The third-order valence-electron chi connectivity index (χ3n) is 7.77. The Labute approximate surface area is 245 Å². The zero-order chi connectivity index (χ0) is 28.2. The number of rotatable bonds is 0. The fraction of sp³-hybridized carbons (Fsp3) is 0.778. The largest absolute Gasteiger partial charge is 3.00 e. The van der Waals surface area contributed by atoms with Crippen LogP contribution in [0.15, 0.2) is 0 Å². The van der Waals surface area contributed by atoms with Gasteiger partial charge in [0.25, 0.3) is 0 Å². The molecule has 0 spiro atoms. The van der Waals surface area contributed by atoms with E-state index in [-0.39, 0.29) is 53.7 Å². The van der Waals surface area contributed by atoms with Gasteiger partial charge in [0.05, 0.1) is 0 Å². The second-order valence-electron chi connectivity index (χ2n) is 12.7. The topological polar surface area (TPSA) is 55.4 Å². The van der Waals surface area contributed by atoms with Crippen LogP contribution in [-0.4, -0.2) is 56.7 Å². The second-order valence-corrected chi connectivity index (χ2v) is 12.7. The minimum atomic E-state index is -0.188. The average molecular weight is 693 g/mol. The fourth-order valence-corrected chi connectivity index (χ4v) is 2.85. The molecule has 3 saturated heterocycles. The van der Waals surface area contributed by atoms with Crippen LogP contribution in [0.25, 0.3) is 0 Å². The van der Waals surface area contributed by atoms with Gasteiger partial charge in [0, 0.05) is 33.6 Å². The minimum Gasteiger partial charge on any atom is -0.620 e. The monoisotopic (exact) mass is 694 g/mol. The van der Waals surface area contributed by atoms with E-state index in [2.05, 4.69) is 40.0 Å². The van der Waals surface area contributed by atoms with Gasteiger partial charge in [-0.15, -0.1) is 0 Å². The van der Waals surface area contributed by atoms with Crippen LogP contribution in [0.4, 0.5) is 0 Å². The van der Waals surface area contributed by atoms with E-state index < -0.39 is 0 Å². The molecule has 4 fully saturated rings. The second kappa shape index (κ2) is 14.0. The third-order valence-corrected chi connectivity index (χ3v) is 7.77. The van der Waals surface area contributed by atoms with Crippen LogP contribution < -0.4 is 0 Å².